The van der Waals surface area contributed by atoms with E-state index in [4.69, 9.17) is 9.47 Å². The molecule has 1 saturated heterocycles. The van der Waals surface area contributed by atoms with Crippen molar-refractivity contribution in [2.24, 2.45) is 0 Å². The maximum absolute atomic E-state index is 12.6. The zero-order chi connectivity index (χ0) is 22.4. The molecule has 1 fully saturated rings. The first-order valence-corrected chi connectivity index (χ1v) is 10.2. The van der Waals surface area contributed by atoms with E-state index in [0.717, 1.165) is 16.7 Å². The molecule has 31 heavy (non-hydrogen) atoms. The van der Waals surface area contributed by atoms with Gasteiger partial charge in [0.1, 0.15) is 18.0 Å². The predicted molar refractivity (Wildman–Crippen MR) is 117 cm³/mol. The van der Waals surface area contributed by atoms with Crippen LogP contribution in [-0.4, -0.2) is 41.1 Å². The van der Waals surface area contributed by atoms with Crippen molar-refractivity contribution >= 4 is 46.5 Å². The van der Waals surface area contributed by atoms with Gasteiger partial charge in [-0.25, -0.2) is 0 Å². The Bertz CT molecular complexity index is 1030. The van der Waals surface area contributed by atoms with E-state index in [2.05, 4.69) is 5.32 Å². The zero-order valence-electron chi connectivity index (χ0n) is 16.9. The summed E-state index contributed by atoms with van der Waals surface area (Å²) in [5.74, 6) is -0.405. The topological polar surface area (TPSA) is 102 Å². The number of hydrogen-bond donors (Lipinski definition) is 1. The number of carbonyl (C=O) groups excluding carboxylic acids is 4. The van der Waals surface area contributed by atoms with E-state index >= 15 is 0 Å². The van der Waals surface area contributed by atoms with Gasteiger partial charge in [0.2, 0.25) is 5.91 Å². The number of amides is 3. The summed E-state index contributed by atoms with van der Waals surface area (Å²) in [6.45, 7) is 3.32. The molecule has 3 amide bonds. The number of hydrogen-bond acceptors (Lipinski definition) is 7. The van der Waals surface area contributed by atoms with Gasteiger partial charge < -0.3 is 14.8 Å². The van der Waals surface area contributed by atoms with Crippen LogP contribution in [0.25, 0.3) is 6.08 Å². The van der Waals surface area contributed by atoms with Crippen LogP contribution in [0.5, 0.6) is 11.5 Å². The van der Waals surface area contributed by atoms with Crippen molar-refractivity contribution in [3.05, 3.63) is 59.0 Å². The van der Waals surface area contributed by atoms with E-state index in [-0.39, 0.29) is 11.4 Å². The molecule has 0 aromatic heterocycles. The van der Waals surface area contributed by atoms with Gasteiger partial charge in [0.25, 0.3) is 11.1 Å². The van der Waals surface area contributed by atoms with Crippen LogP contribution in [0.4, 0.5) is 10.5 Å². The molecule has 2 aromatic carbocycles. The number of nitrogens with zero attached hydrogens (tertiary/aromatic N) is 1. The molecule has 1 aliphatic rings. The number of esters is 1. The highest BCUT2D eigenvalue weighted by atomic mass is 32.2. The number of carbonyl (C=O) groups is 4. The van der Waals surface area contributed by atoms with E-state index in [1.165, 1.54) is 6.92 Å². The van der Waals surface area contributed by atoms with Gasteiger partial charge in [0.05, 0.1) is 11.5 Å². The van der Waals surface area contributed by atoms with Crippen molar-refractivity contribution in [3.63, 3.8) is 0 Å². The number of imide groups is 1. The molecule has 0 atom stereocenters. The van der Waals surface area contributed by atoms with Gasteiger partial charge in [0.15, 0.2) is 0 Å². The molecule has 3 rings (SSSR count). The first kappa shape index (κ1) is 22.1. The molecular formula is C22H20N2O6S. The van der Waals surface area contributed by atoms with E-state index in [1.54, 1.807) is 54.6 Å². The quantitative estimate of drug-likeness (QED) is 0.398. The van der Waals surface area contributed by atoms with Gasteiger partial charge in [0, 0.05) is 12.6 Å². The summed E-state index contributed by atoms with van der Waals surface area (Å²) in [4.78, 5) is 49.2. The Morgan fingerprint density at radius 3 is 2.29 bits per heavy atom. The molecule has 0 saturated carbocycles. The van der Waals surface area contributed by atoms with Crippen LogP contribution in [0.15, 0.2) is 53.4 Å². The van der Waals surface area contributed by atoms with Crippen molar-refractivity contribution in [2.75, 3.05) is 18.5 Å². The third kappa shape index (κ3) is 5.95. The van der Waals surface area contributed by atoms with Crippen LogP contribution in [0.1, 0.15) is 19.4 Å². The third-order valence-electron chi connectivity index (χ3n) is 4.06. The molecule has 1 heterocycles. The minimum Gasteiger partial charge on any atom is -0.494 e. The fourth-order valence-electron chi connectivity index (χ4n) is 2.73. The lowest BCUT2D eigenvalue weighted by molar-refractivity contribution is -0.131. The molecule has 8 nitrogen and oxygen atoms in total. The average molecular weight is 440 g/mol. The van der Waals surface area contributed by atoms with Crippen molar-refractivity contribution < 1.29 is 28.7 Å². The van der Waals surface area contributed by atoms with Gasteiger partial charge in [-0.2, -0.15) is 0 Å². The first-order valence-electron chi connectivity index (χ1n) is 9.42. The van der Waals surface area contributed by atoms with Gasteiger partial charge in [-0.1, -0.05) is 12.1 Å². The van der Waals surface area contributed by atoms with Crippen molar-refractivity contribution in [1.29, 1.82) is 0 Å². The lowest BCUT2D eigenvalue weighted by Crippen LogP contribution is -2.36. The normalized spacial score (nSPS) is 14.6. The number of thioether (sulfide) groups is 1. The summed E-state index contributed by atoms with van der Waals surface area (Å²) in [5, 5.41) is 2.14. The molecule has 0 spiro atoms. The Morgan fingerprint density at radius 1 is 1.03 bits per heavy atom. The molecule has 2 aromatic rings. The minimum absolute atomic E-state index is 0.208. The van der Waals surface area contributed by atoms with E-state index in [9.17, 15) is 19.2 Å². The third-order valence-corrected chi connectivity index (χ3v) is 4.97. The van der Waals surface area contributed by atoms with Crippen molar-refractivity contribution in [1.82, 2.24) is 4.90 Å². The Labute approximate surface area is 183 Å². The average Bonchev–Trinajstić information content (AvgIpc) is 2.98. The molecule has 1 N–H and O–H groups in total. The summed E-state index contributed by atoms with van der Waals surface area (Å²) in [7, 11) is 0. The van der Waals surface area contributed by atoms with Crippen LogP contribution in [-0.2, 0) is 14.4 Å². The van der Waals surface area contributed by atoms with Gasteiger partial charge in [-0.15, -0.1) is 0 Å². The predicted octanol–water partition coefficient (Wildman–Crippen LogP) is 3.69. The summed E-state index contributed by atoms with van der Waals surface area (Å²) in [6.07, 6.45) is 1.55. The fourth-order valence-corrected chi connectivity index (χ4v) is 3.57. The molecule has 160 valence electrons. The second kappa shape index (κ2) is 9.94. The van der Waals surface area contributed by atoms with E-state index in [1.807, 2.05) is 6.92 Å². The monoisotopic (exact) mass is 440 g/mol. The second-order valence-electron chi connectivity index (χ2n) is 6.44. The highest BCUT2D eigenvalue weighted by Crippen LogP contribution is 2.32. The lowest BCUT2D eigenvalue weighted by atomic mass is 10.2. The summed E-state index contributed by atoms with van der Waals surface area (Å²) < 4.78 is 10.3. The van der Waals surface area contributed by atoms with Crippen molar-refractivity contribution in [3.8, 4) is 11.5 Å². The van der Waals surface area contributed by atoms with Crippen LogP contribution in [0.2, 0.25) is 0 Å². The van der Waals surface area contributed by atoms with Crippen LogP contribution >= 0.6 is 11.8 Å². The lowest BCUT2D eigenvalue weighted by Gasteiger charge is -2.12. The van der Waals surface area contributed by atoms with Gasteiger partial charge in [-0.05, 0) is 66.7 Å². The number of benzene rings is 2. The standard InChI is InChI=1S/C22H20N2O6S/c1-3-29-17-10-6-16(7-11-17)23-20(26)13-24-21(27)19(31-22(24)28)12-15-4-8-18(9-5-15)30-14(2)25/h4-12H,3,13H2,1-2H3,(H,23,26)/b19-12+. The zero-order valence-corrected chi connectivity index (χ0v) is 17.7. The van der Waals surface area contributed by atoms with Crippen LogP contribution in [0.3, 0.4) is 0 Å². The fraction of sp³-hybridized carbons (Fsp3) is 0.182. The summed E-state index contributed by atoms with van der Waals surface area (Å²) in [6, 6.07) is 13.3. The Kier molecular flexibility index (Phi) is 7.09. The number of rotatable bonds is 7. The molecular weight excluding hydrogens is 420 g/mol. The molecule has 9 heteroatoms. The number of ether oxygens (including phenoxy) is 2. The van der Waals surface area contributed by atoms with Crippen molar-refractivity contribution in [2.45, 2.75) is 13.8 Å². The van der Waals surface area contributed by atoms with Gasteiger partial charge in [-0.3, -0.25) is 24.1 Å². The smallest absolute Gasteiger partial charge is 0.308 e. The van der Waals surface area contributed by atoms with Crippen LogP contribution < -0.4 is 14.8 Å². The number of anilines is 1. The Morgan fingerprint density at radius 2 is 1.68 bits per heavy atom. The Balaban J connectivity index is 1.62. The number of nitrogens with one attached hydrogen (secondary N) is 1. The van der Waals surface area contributed by atoms with E-state index in [0.29, 0.717) is 29.4 Å². The highest BCUT2D eigenvalue weighted by Gasteiger charge is 2.36. The van der Waals surface area contributed by atoms with Gasteiger partial charge >= 0.3 is 5.97 Å². The first-order chi connectivity index (χ1) is 14.9. The molecule has 0 radical (unpaired) electrons. The maximum atomic E-state index is 12.6. The summed E-state index contributed by atoms with van der Waals surface area (Å²) in [5.41, 5.74) is 1.18. The molecule has 0 unspecified atom stereocenters. The highest BCUT2D eigenvalue weighted by molar-refractivity contribution is 8.18. The molecule has 0 aliphatic carbocycles. The second-order valence-corrected chi connectivity index (χ2v) is 7.43. The van der Waals surface area contributed by atoms with E-state index < -0.39 is 23.0 Å². The largest absolute Gasteiger partial charge is 0.494 e. The maximum Gasteiger partial charge on any atom is 0.308 e. The van der Waals surface area contributed by atoms with Crippen LogP contribution in [0, 0.1) is 0 Å². The molecule has 1 aliphatic heterocycles. The summed E-state index contributed by atoms with van der Waals surface area (Å²) >= 11 is 0.764. The Hall–Kier alpha value is -3.59. The molecule has 0 bridgehead atoms. The minimum atomic E-state index is -0.541. The SMILES string of the molecule is CCOc1ccc(NC(=O)CN2C(=O)S/C(=C/c3ccc(OC(C)=O)cc3)C2=O)cc1.